The zero-order valence-corrected chi connectivity index (χ0v) is 18.3. The summed E-state index contributed by atoms with van der Waals surface area (Å²) in [6.45, 7) is 5.63. The number of piperazine rings is 1. The zero-order valence-electron chi connectivity index (χ0n) is 18.3. The summed E-state index contributed by atoms with van der Waals surface area (Å²) in [5.74, 6) is -4.78. The maximum Gasteiger partial charge on any atom is 0.243 e. The van der Waals surface area contributed by atoms with Crippen molar-refractivity contribution in [3.8, 4) is 5.75 Å². The second kappa shape index (κ2) is 11.7. The van der Waals surface area contributed by atoms with Gasteiger partial charge in [0.1, 0.15) is 12.4 Å². The molecule has 2 aromatic rings. The van der Waals surface area contributed by atoms with Crippen molar-refractivity contribution in [3.05, 3.63) is 59.9 Å². The molecule has 178 valence electrons. The molecule has 0 radical (unpaired) electrons. The highest BCUT2D eigenvalue weighted by Gasteiger charge is 2.26. The van der Waals surface area contributed by atoms with Gasteiger partial charge in [-0.15, -0.1) is 0 Å². The average molecular weight is 464 g/mol. The van der Waals surface area contributed by atoms with E-state index in [-0.39, 0.29) is 5.91 Å². The van der Waals surface area contributed by atoms with Crippen LogP contribution in [0.2, 0.25) is 0 Å². The molecule has 7 nitrogen and oxygen atoms in total. The Morgan fingerprint density at radius 2 is 1.70 bits per heavy atom. The van der Waals surface area contributed by atoms with Crippen LogP contribution in [0.1, 0.15) is 6.92 Å². The van der Waals surface area contributed by atoms with Crippen LogP contribution in [0.3, 0.4) is 0 Å². The highest BCUT2D eigenvalue weighted by molar-refractivity contribution is 5.95. The van der Waals surface area contributed by atoms with Crippen LogP contribution in [0.5, 0.6) is 5.75 Å². The van der Waals surface area contributed by atoms with Crippen LogP contribution >= 0.6 is 0 Å². The molecule has 0 saturated carbocycles. The number of amides is 2. The molecule has 0 aromatic heterocycles. The third kappa shape index (κ3) is 6.93. The first-order valence-electron chi connectivity index (χ1n) is 10.7. The van der Waals surface area contributed by atoms with E-state index in [2.05, 4.69) is 15.5 Å². The Bertz CT molecular complexity index is 953. The third-order valence-electron chi connectivity index (χ3n) is 5.49. The first-order chi connectivity index (χ1) is 15.8. The van der Waals surface area contributed by atoms with E-state index in [4.69, 9.17) is 4.74 Å². The van der Waals surface area contributed by atoms with Crippen molar-refractivity contribution in [2.75, 3.05) is 51.2 Å². The lowest BCUT2D eigenvalue weighted by Gasteiger charge is -2.37. The number of anilines is 1. The number of hydrogen-bond acceptors (Lipinski definition) is 5. The van der Waals surface area contributed by atoms with Crippen LogP contribution in [0, 0.1) is 17.5 Å². The van der Waals surface area contributed by atoms with Crippen LogP contribution in [-0.2, 0) is 9.59 Å². The minimum Gasteiger partial charge on any atom is -0.492 e. The Balaban J connectivity index is 1.36. The minimum atomic E-state index is -1.67. The van der Waals surface area contributed by atoms with E-state index in [1.165, 1.54) is 0 Å². The fourth-order valence-electron chi connectivity index (χ4n) is 3.48. The van der Waals surface area contributed by atoms with Crippen LogP contribution in [0.4, 0.5) is 18.9 Å². The van der Waals surface area contributed by atoms with Gasteiger partial charge < -0.3 is 15.4 Å². The Hall–Kier alpha value is -3.11. The molecule has 10 heteroatoms. The van der Waals surface area contributed by atoms with Crippen molar-refractivity contribution in [3.63, 3.8) is 0 Å². The van der Waals surface area contributed by atoms with Crippen LogP contribution in [0.15, 0.2) is 42.5 Å². The number of carbonyl (C=O) groups is 2. The van der Waals surface area contributed by atoms with Gasteiger partial charge >= 0.3 is 0 Å². The maximum atomic E-state index is 13.7. The molecule has 3 rings (SSSR count). The summed E-state index contributed by atoms with van der Waals surface area (Å²) in [5.41, 5.74) is -0.492. The van der Waals surface area contributed by atoms with Gasteiger partial charge in [-0.3, -0.25) is 19.4 Å². The number of nitrogens with one attached hydrogen (secondary N) is 2. The largest absolute Gasteiger partial charge is 0.492 e. The number of carbonyl (C=O) groups excluding carboxylic acids is 2. The molecule has 33 heavy (non-hydrogen) atoms. The quantitative estimate of drug-likeness (QED) is 0.557. The molecular formula is C23H27F3N4O3. The number of halogens is 3. The van der Waals surface area contributed by atoms with E-state index in [0.717, 1.165) is 31.5 Å². The summed E-state index contributed by atoms with van der Waals surface area (Å²) < 4.78 is 45.6. The van der Waals surface area contributed by atoms with Crippen molar-refractivity contribution in [2.24, 2.45) is 0 Å². The smallest absolute Gasteiger partial charge is 0.243 e. The summed E-state index contributed by atoms with van der Waals surface area (Å²) in [4.78, 5) is 28.7. The first kappa shape index (κ1) is 24.5. The van der Waals surface area contributed by atoms with Gasteiger partial charge in [0.15, 0.2) is 17.5 Å². The second-order valence-electron chi connectivity index (χ2n) is 7.70. The second-order valence-corrected chi connectivity index (χ2v) is 7.70. The van der Waals surface area contributed by atoms with Crippen molar-refractivity contribution in [1.82, 2.24) is 15.1 Å². The van der Waals surface area contributed by atoms with E-state index in [1.54, 1.807) is 6.92 Å². The van der Waals surface area contributed by atoms with E-state index < -0.39 is 41.6 Å². The number of para-hydroxylation sites is 1. The van der Waals surface area contributed by atoms with E-state index in [9.17, 15) is 22.8 Å². The maximum absolute atomic E-state index is 13.7. The number of nitrogens with zero attached hydrogens (tertiary/aromatic N) is 2. The van der Waals surface area contributed by atoms with Gasteiger partial charge in [0.25, 0.3) is 0 Å². The van der Waals surface area contributed by atoms with E-state index in [0.29, 0.717) is 25.8 Å². The highest BCUT2D eigenvalue weighted by Crippen LogP contribution is 2.19. The summed E-state index contributed by atoms with van der Waals surface area (Å²) in [6.07, 6.45) is 0. The Morgan fingerprint density at radius 1 is 1.00 bits per heavy atom. The van der Waals surface area contributed by atoms with Gasteiger partial charge in [-0.05, 0) is 31.2 Å². The van der Waals surface area contributed by atoms with Crippen LogP contribution < -0.4 is 15.4 Å². The molecular weight excluding hydrogens is 437 g/mol. The Labute approximate surface area is 190 Å². The molecule has 1 aliphatic heterocycles. The summed E-state index contributed by atoms with van der Waals surface area (Å²) in [7, 11) is 0. The lowest BCUT2D eigenvalue weighted by Crippen LogP contribution is -2.54. The fraction of sp³-hybridized carbons (Fsp3) is 0.391. The minimum absolute atomic E-state index is 0.350. The standard InChI is InChI=1S/C23H27F3N4O3/c1-16(23(32)27-15-20(31)28-19-8-7-18(24)21(25)22(19)26)30-11-9-29(10-12-30)13-14-33-17-5-3-2-4-6-17/h2-8,16H,9-15H2,1H3,(H,27,32)(H,28,31). The summed E-state index contributed by atoms with van der Waals surface area (Å²) in [6, 6.07) is 10.8. The molecule has 1 saturated heterocycles. The molecule has 0 aliphatic carbocycles. The number of ether oxygens (including phenoxy) is 1. The van der Waals surface area contributed by atoms with Gasteiger partial charge in [-0.1, -0.05) is 18.2 Å². The molecule has 2 amide bonds. The molecule has 0 bridgehead atoms. The monoisotopic (exact) mass is 464 g/mol. The summed E-state index contributed by atoms with van der Waals surface area (Å²) in [5, 5.41) is 4.61. The molecule has 2 aromatic carbocycles. The van der Waals surface area contributed by atoms with Gasteiger partial charge in [0.2, 0.25) is 11.8 Å². The van der Waals surface area contributed by atoms with Crippen molar-refractivity contribution >= 4 is 17.5 Å². The number of hydrogen-bond donors (Lipinski definition) is 2. The molecule has 1 atom stereocenters. The molecule has 1 aliphatic rings. The zero-order chi connectivity index (χ0) is 23.8. The topological polar surface area (TPSA) is 73.9 Å². The normalized spacial score (nSPS) is 15.6. The predicted molar refractivity (Wildman–Crippen MR) is 117 cm³/mol. The highest BCUT2D eigenvalue weighted by atomic mass is 19.2. The lowest BCUT2D eigenvalue weighted by atomic mass is 10.2. The average Bonchev–Trinajstić information content (AvgIpc) is 2.83. The fourth-order valence-corrected chi connectivity index (χ4v) is 3.48. The summed E-state index contributed by atoms with van der Waals surface area (Å²) >= 11 is 0. The van der Waals surface area contributed by atoms with Gasteiger partial charge in [-0.2, -0.15) is 0 Å². The van der Waals surface area contributed by atoms with Crippen LogP contribution in [0.25, 0.3) is 0 Å². The van der Waals surface area contributed by atoms with E-state index >= 15 is 0 Å². The Morgan fingerprint density at radius 3 is 2.39 bits per heavy atom. The number of rotatable bonds is 9. The van der Waals surface area contributed by atoms with E-state index in [1.807, 2.05) is 35.2 Å². The first-order valence-corrected chi connectivity index (χ1v) is 10.7. The van der Waals surface area contributed by atoms with Crippen molar-refractivity contribution < 1.29 is 27.5 Å². The molecule has 0 spiro atoms. The van der Waals surface area contributed by atoms with Crippen LogP contribution in [-0.4, -0.2) is 73.5 Å². The third-order valence-corrected chi connectivity index (χ3v) is 5.49. The molecule has 1 unspecified atom stereocenters. The van der Waals surface area contributed by atoms with Gasteiger partial charge in [-0.25, -0.2) is 13.2 Å². The van der Waals surface area contributed by atoms with Gasteiger partial charge in [0, 0.05) is 32.7 Å². The molecule has 1 heterocycles. The van der Waals surface area contributed by atoms with Crippen molar-refractivity contribution in [2.45, 2.75) is 13.0 Å². The number of benzene rings is 2. The lowest BCUT2D eigenvalue weighted by molar-refractivity contribution is -0.128. The molecule has 2 N–H and O–H groups in total. The Kier molecular flexibility index (Phi) is 8.67. The predicted octanol–water partition coefficient (Wildman–Crippen LogP) is 2.24. The van der Waals surface area contributed by atoms with Gasteiger partial charge in [0.05, 0.1) is 18.3 Å². The SMILES string of the molecule is CC(C(=O)NCC(=O)Nc1ccc(F)c(F)c1F)N1CCN(CCOc2ccccc2)CC1. The molecule has 1 fully saturated rings. The van der Waals surface area contributed by atoms with Crippen molar-refractivity contribution in [1.29, 1.82) is 0 Å².